The van der Waals surface area contributed by atoms with Crippen molar-refractivity contribution >= 4 is 5.97 Å². The highest BCUT2D eigenvalue weighted by atomic mass is 16.5. The maximum absolute atomic E-state index is 11.0. The first kappa shape index (κ1) is 10.4. The lowest BCUT2D eigenvalue weighted by Gasteiger charge is -1.98. The molecule has 5 nitrogen and oxygen atoms in total. The minimum Gasteiger partial charge on any atom is -0.468 e. The van der Waals surface area contributed by atoms with Gasteiger partial charge in [-0.25, -0.2) is 0 Å². The summed E-state index contributed by atoms with van der Waals surface area (Å²) in [6.07, 6.45) is 6.94. The summed E-state index contributed by atoms with van der Waals surface area (Å²) in [7, 11) is 1.36. The number of carbonyl (C=O) groups is 1. The van der Waals surface area contributed by atoms with E-state index in [9.17, 15) is 4.79 Å². The molecule has 0 fully saturated rings. The maximum Gasteiger partial charge on any atom is 0.327 e. The highest BCUT2D eigenvalue weighted by molar-refractivity contribution is 5.69. The second-order valence-corrected chi connectivity index (χ2v) is 3.24. The molecule has 16 heavy (non-hydrogen) atoms. The van der Waals surface area contributed by atoms with Gasteiger partial charge in [0, 0.05) is 29.7 Å². The molecule has 0 bridgehead atoms. The van der Waals surface area contributed by atoms with Crippen LogP contribution >= 0.6 is 0 Å². The van der Waals surface area contributed by atoms with Gasteiger partial charge in [-0.15, -0.1) is 0 Å². The van der Waals surface area contributed by atoms with E-state index < -0.39 is 0 Å². The second-order valence-electron chi connectivity index (χ2n) is 3.24. The third kappa shape index (κ3) is 2.25. The van der Waals surface area contributed by atoms with Crippen molar-refractivity contribution in [3.05, 3.63) is 36.9 Å². The summed E-state index contributed by atoms with van der Waals surface area (Å²) >= 11 is 0. The molecule has 0 radical (unpaired) electrons. The van der Waals surface area contributed by atoms with Crippen molar-refractivity contribution in [3.63, 3.8) is 0 Å². The molecule has 2 aromatic heterocycles. The smallest absolute Gasteiger partial charge is 0.327 e. The lowest BCUT2D eigenvalue weighted by atomic mass is 10.2. The standard InChI is InChI=1S/C11H11N3O2/c1-16-11(15)8-14-7-10(6-13-14)9-3-2-4-12-5-9/h2-7H,8H2,1H3. The average molecular weight is 217 g/mol. The molecule has 0 saturated heterocycles. The SMILES string of the molecule is COC(=O)Cn1cc(-c2cccnc2)cn1. The fourth-order valence-electron chi connectivity index (χ4n) is 1.33. The van der Waals surface area contributed by atoms with Crippen molar-refractivity contribution in [2.24, 2.45) is 0 Å². The molecule has 0 saturated carbocycles. The van der Waals surface area contributed by atoms with Crippen molar-refractivity contribution in [1.29, 1.82) is 0 Å². The van der Waals surface area contributed by atoms with Crippen LogP contribution < -0.4 is 0 Å². The molecule has 0 unspecified atom stereocenters. The number of carbonyl (C=O) groups excluding carboxylic acids is 1. The van der Waals surface area contributed by atoms with Crippen molar-refractivity contribution in [1.82, 2.24) is 14.8 Å². The van der Waals surface area contributed by atoms with Gasteiger partial charge in [0.25, 0.3) is 0 Å². The van der Waals surface area contributed by atoms with Crippen molar-refractivity contribution in [2.75, 3.05) is 7.11 Å². The Morgan fingerprint density at radius 2 is 2.31 bits per heavy atom. The van der Waals surface area contributed by atoms with E-state index in [1.165, 1.54) is 11.8 Å². The fraction of sp³-hybridized carbons (Fsp3) is 0.182. The summed E-state index contributed by atoms with van der Waals surface area (Å²) in [6, 6.07) is 3.79. The van der Waals surface area contributed by atoms with Crippen LogP contribution in [0.15, 0.2) is 36.9 Å². The van der Waals surface area contributed by atoms with Gasteiger partial charge in [-0.2, -0.15) is 5.10 Å². The summed E-state index contributed by atoms with van der Waals surface area (Å²) in [5.74, 6) is -0.319. The zero-order valence-corrected chi connectivity index (χ0v) is 8.83. The molecule has 5 heteroatoms. The highest BCUT2D eigenvalue weighted by Gasteiger charge is 2.05. The normalized spacial score (nSPS) is 10.1. The summed E-state index contributed by atoms with van der Waals surface area (Å²) in [6.45, 7) is 0.122. The monoisotopic (exact) mass is 217 g/mol. The highest BCUT2D eigenvalue weighted by Crippen LogP contribution is 2.16. The molecule has 0 aliphatic carbocycles. The summed E-state index contributed by atoms with van der Waals surface area (Å²) in [5.41, 5.74) is 1.90. The van der Waals surface area contributed by atoms with Crippen LogP contribution in [0, 0.1) is 0 Å². The largest absolute Gasteiger partial charge is 0.468 e. The summed E-state index contributed by atoms with van der Waals surface area (Å²) in [5, 5.41) is 4.07. The Kier molecular flexibility index (Phi) is 2.95. The van der Waals surface area contributed by atoms with Crippen LogP contribution in [0.4, 0.5) is 0 Å². The Hall–Kier alpha value is -2.17. The first-order chi connectivity index (χ1) is 7.79. The van der Waals surface area contributed by atoms with Crippen LogP contribution in [0.2, 0.25) is 0 Å². The van der Waals surface area contributed by atoms with Crippen molar-refractivity contribution in [2.45, 2.75) is 6.54 Å². The third-order valence-corrected chi connectivity index (χ3v) is 2.15. The lowest BCUT2D eigenvalue weighted by Crippen LogP contribution is -2.11. The number of esters is 1. The number of aromatic nitrogens is 3. The number of hydrogen-bond acceptors (Lipinski definition) is 4. The van der Waals surface area contributed by atoms with Gasteiger partial charge in [-0.05, 0) is 6.07 Å². The zero-order valence-electron chi connectivity index (χ0n) is 8.83. The number of pyridine rings is 1. The van der Waals surface area contributed by atoms with Crippen LogP contribution in [0.25, 0.3) is 11.1 Å². The number of nitrogens with zero attached hydrogens (tertiary/aromatic N) is 3. The summed E-state index contributed by atoms with van der Waals surface area (Å²) in [4.78, 5) is 15.1. The molecule has 2 rings (SSSR count). The Balaban J connectivity index is 2.17. The van der Waals surface area contributed by atoms with E-state index in [1.807, 2.05) is 12.1 Å². The van der Waals surface area contributed by atoms with Crippen LogP contribution in [-0.4, -0.2) is 27.8 Å². The fourth-order valence-corrected chi connectivity index (χ4v) is 1.33. The molecular weight excluding hydrogens is 206 g/mol. The first-order valence-corrected chi connectivity index (χ1v) is 4.79. The number of methoxy groups -OCH3 is 1. The topological polar surface area (TPSA) is 57.0 Å². The number of hydrogen-bond donors (Lipinski definition) is 0. The number of ether oxygens (including phenoxy) is 1. The molecule has 0 aromatic carbocycles. The molecule has 82 valence electrons. The molecule has 2 heterocycles. The quantitative estimate of drug-likeness (QED) is 0.723. The molecule has 0 spiro atoms. The van der Waals surface area contributed by atoms with Crippen LogP contribution in [0.3, 0.4) is 0 Å². The molecule has 0 atom stereocenters. The third-order valence-electron chi connectivity index (χ3n) is 2.15. The maximum atomic E-state index is 11.0. The Morgan fingerprint density at radius 1 is 1.44 bits per heavy atom. The lowest BCUT2D eigenvalue weighted by molar-refractivity contribution is -0.141. The molecule has 0 amide bonds. The molecular formula is C11H11N3O2. The van der Waals surface area contributed by atoms with Gasteiger partial charge in [-0.3, -0.25) is 14.5 Å². The van der Waals surface area contributed by atoms with E-state index in [-0.39, 0.29) is 12.5 Å². The van der Waals surface area contributed by atoms with Crippen molar-refractivity contribution < 1.29 is 9.53 Å². The first-order valence-electron chi connectivity index (χ1n) is 4.79. The molecule has 0 aliphatic heterocycles. The van der Waals surface area contributed by atoms with Gasteiger partial charge in [0.1, 0.15) is 6.54 Å². The van der Waals surface area contributed by atoms with Gasteiger partial charge in [0.05, 0.1) is 13.3 Å². The molecule has 0 aliphatic rings. The van der Waals surface area contributed by atoms with E-state index in [1.54, 1.807) is 24.8 Å². The Morgan fingerprint density at radius 3 is 3.00 bits per heavy atom. The van der Waals surface area contributed by atoms with E-state index in [0.717, 1.165) is 11.1 Å². The van der Waals surface area contributed by atoms with Gasteiger partial charge in [0.15, 0.2) is 0 Å². The van der Waals surface area contributed by atoms with E-state index in [2.05, 4.69) is 14.8 Å². The van der Waals surface area contributed by atoms with Crippen molar-refractivity contribution in [3.8, 4) is 11.1 Å². The van der Waals surface area contributed by atoms with E-state index in [0.29, 0.717) is 0 Å². The van der Waals surface area contributed by atoms with Gasteiger partial charge in [-0.1, -0.05) is 6.07 Å². The minimum absolute atomic E-state index is 0.122. The predicted octanol–water partition coefficient (Wildman–Crippen LogP) is 1.12. The van der Waals surface area contributed by atoms with Gasteiger partial charge >= 0.3 is 5.97 Å². The average Bonchev–Trinajstić information content (AvgIpc) is 2.78. The predicted molar refractivity (Wildman–Crippen MR) is 57.5 cm³/mol. The summed E-state index contributed by atoms with van der Waals surface area (Å²) < 4.78 is 6.09. The van der Waals surface area contributed by atoms with E-state index in [4.69, 9.17) is 0 Å². The van der Waals surface area contributed by atoms with Gasteiger partial charge in [0.2, 0.25) is 0 Å². The van der Waals surface area contributed by atoms with Gasteiger partial charge < -0.3 is 4.74 Å². The van der Waals surface area contributed by atoms with Crippen LogP contribution in [0.1, 0.15) is 0 Å². The van der Waals surface area contributed by atoms with Crippen LogP contribution in [0.5, 0.6) is 0 Å². The zero-order chi connectivity index (χ0) is 11.4. The Bertz CT molecular complexity index is 479. The Labute approximate surface area is 92.7 Å². The second kappa shape index (κ2) is 4.57. The molecule has 0 N–H and O–H groups in total. The minimum atomic E-state index is -0.319. The van der Waals surface area contributed by atoms with E-state index >= 15 is 0 Å². The number of rotatable bonds is 3. The van der Waals surface area contributed by atoms with Crippen LogP contribution in [-0.2, 0) is 16.1 Å². The molecule has 2 aromatic rings.